The summed E-state index contributed by atoms with van der Waals surface area (Å²) in [5.41, 5.74) is 0. The Bertz CT molecular complexity index is 775. The first kappa shape index (κ1) is 19.0. The Labute approximate surface area is 165 Å². The minimum absolute atomic E-state index is 0.0409. The zero-order valence-electron chi connectivity index (χ0n) is 13.9. The average molecular weight is 413 g/mol. The van der Waals surface area contributed by atoms with E-state index >= 15 is 0 Å². The normalized spacial score (nSPS) is 14.9. The van der Waals surface area contributed by atoms with Crippen molar-refractivity contribution < 1.29 is 14.3 Å². The van der Waals surface area contributed by atoms with Crippen molar-refractivity contribution in [3.63, 3.8) is 0 Å². The summed E-state index contributed by atoms with van der Waals surface area (Å²) in [4.78, 5) is 27.0. The van der Waals surface area contributed by atoms with Gasteiger partial charge in [-0.3, -0.25) is 9.59 Å². The number of carbonyl (C=O) groups excluding carboxylic acids is 2. The van der Waals surface area contributed by atoms with Gasteiger partial charge in [-0.25, -0.2) is 0 Å². The van der Waals surface area contributed by atoms with Crippen molar-refractivity contribution in [1.82, 2.24) is 10.2 Å². The zero-order chi connectivity index (χ0) is 18.5. The topological polar surface area (TPSA) is 58.6 Å². The van der Waals surface area contributed by atoms with Crippen LogP contribution in [0, 0.1) is 0 Å². The van der Waals surface area contributed by atoms with Crippen LogP contribution in [-0.4, -0.2) is 42.5 Å². The Morgan fingerprint density at radius 2 is 2.00 bits per heavy atom. The lowest BCUT2D eigenvalue weighted by molar-refractivity contribution is -0.124. The lowest BCUT2D eigenvalue weighted by atomic mass is 10.0. The minimum Gasteiger partial charge on any atom is -0.482 e. The van der Waals surface area contributed by atoms with Crippen molar-refractivity contribution in [1.29, 1.82) is 0 Å². The number of rotatable bonds is 5. The van der Waals surface area contributed by atoms with Crippen LogP contribution in [-0.2, 0) is 4.79 Å². The van der Waals surface area contributed by atoms with E-state index in [9.17, 15) is 9.59 Å². The number of thiophene rings is 1. The van der Waals surface area contributed by atoms with Gasteiger partial charge in [0, 0.05) is 24.2 Å². The summed E-state index contributed by atoms with van der Waals surface area (Å²) in [5, 5.41) is 5.72. The monoisotopic (exact) mass is 412 g/mol. The van der Waals surface area contributed by atoms with Crippen molar-refractivity contribution in [2.75, 3.05) is 19.7 Å². The second kappa shape index (κ2) is 8.75. The third-order valence-corrected chi connectivity index (χ3v) is 5.52. The Hall–Kier alpha value is -1.76. The molecule has 0 saturated carbocycles. The van der Waals surface area contributed by atoms with E-state index in [1.807, 2.05) is 22.4 Å². The largest absolute Gasteiger partial charge is 0.482 e. The first-order chi connectivity index (χ1) is 12.5. The molecular weight excluding hydrogens is 395 g/mol. The fourth-order valence-corrected chi connectivity index (χ4v) is 3.94. The van der Waals surface area contributed by atoms with Crippen LogP contribution in [0.5, 0.6) is 5.75 Å². The maximum atomic E-state index is 12.3. The van der Waals surface area contributed by atoms with Crippen LogP contribution in [0.2, 0.25) is 10.0 Å². The molecule has 2 heterocycles. The van der Waals surface area contributed by atoms with Crippen LogP contribution in [0.25, 0.3) is 0 Å². The molecule has 3 rings (SSSR count). The van der Waals surface area contributed by atoms with Crippen LogP contribution in [0.4, 0.5) is 0 Å². The smallest absolute Gasteiger partial charge is 0.263 e. The fraction of sp³-hybridized carbons (Fsp3) is 0.333. The highest BCUT2D eigenvalue weighted by atomic mass is 35.5. The van der Waals surface area contributed by atoms with Crippen LogP contribution in [0.3, 0.4) is 0 Å². The number of hydrogen-bond acceptors (Lipinski definition) is 4. The van der Waals surface area contributed by atoms with Crippen LogP contribution >= 0.6 is 34.5 Å². The maximum Gasteiger partial charge on any atom is 0.263 e. The molecule has 0 bridgehead atoms. The van der Waals surface area contributed by atoms with Crippen molar-refractivity contribution in [3.8, 4) is 5.75 Å². The van der Waals surface area contributed by atoms with Gasteiger partial charge in [0.05, 0.1) is 9.90 Å². The molecule has 0 aliphatic carbocycles. The molecule has 1 aliphatic heterocycles. The van der Waals surface area contributed by atoms with Gasteiger partial charge in [0.15, 0.2) is 6.61 Å². The number of amides is 2. The molecule has 1 aliphatic rings. The molecule has 1 aromatic heterocycles. The highest BCUT2D eigenvalue weighted by Crippen LogP contribution is 2.27. The second-order valence-electron chi connectivity index (χ2n) is 5.97. The molecule has 138 valence electrons. The summed E-state index contributed by atoms with van der Waals surface area (Å²) in [6, 6.07) is 8.60. The molecule has 1 aromatic carbocycles. The van der Waals surface area contributed by atoms with Gasteiger partial charge >= 0.3 is 0 Å². The number of benzene rings is 1. The lowest BCUT2D eigenvalue weighted by Gasteiger charge is -2.32. The van der Waals surface area contributed by atoms with Gasteiger partial charge in [-0.15, -0.1) is 11.3 Å². The summed E-state index contributed by atoms with van der Waals surface area (Å²) < 4.78 is 5.44. The molecule has 0 atom stereocenters. The van der Waals surface area contributed by atoms with E-state index in [0.717, 1.165) is 17.7 Å². The van der Waals surface area contributed by atoms with Gasteiger partial charge in [0.1, 0.15) is 5.75 Å². The molecule has 2 amide bonds. The van der Waals surface area contributed by atoms with Crippen LogP contribution in [0.1, 0.15) is 22.5 Å². The molecule has 1 fully saturated rings. The first-order valence-electron chi connectivity index (χ1n) is 8.23. The standard InChI is InChI=1S/C18H18Cl2N2O3S/c19-12-3-4-15(14(20)10-12)25-11-17(23)21-13-5-7-22(8-6-13)18(24)16-2-1-9-26-16/h1-4,9-10,13H,5-8,11H2,(H,21,23). The Morgan fingerprint density at radius 1 is 1.23 bits per heavy atom. The molecule has 0 spiro atoms. The Morgan fingerprint density at radius 3 is 2.65 bits per heavy atom. The summed E-state index contributed by atoms with van der Waals surface area (Å²) in [5.74, 6) is 0.270. The van der Waals surface area contributed by atoms with Gasteiger partial charge in [-0.1, -0.05) is 29.3 Å². The van der Waals surface area contributed by atoms with Crippen LogP contribution in [0.15, 0.2) is 35.7 Å². The van der Waals surface area contributed by atoms with Crippen molar-refractivity contribution >= 4 is 46.4 Å². The van der Waals surface area contributed by atoms with Crippen molar-refractivity contribution in [3.05, 3.63) is 50.6 Å². The second-order valence-corrected chi connectivity index (χ2v) is 7.77. The van der Waals surface area contributed by atoms with Gasteiger partial charge in [-0.05, 0) is 42.5 Å². The highest BCUT2D eigenvalue weighted by molar-refractivity contribution is 7.12. The predicted octanol–water partition coefficient (Wildman–Crippen LogP) is 3.85. The molecule has 2 aromatic rings. The number of nitrogens with one attached hydrogen (secondary N) is 1. The van der Waals surface area contributed by atoms with E-state index in [4.69, 9.17) is 27.9 Å². The molecule has 26 heavy (non-hydrogen) atoms. The summed E-state index contributed by atoms with van der Waals surface area (Å²) >= 11 is 13.3. The van der Waals surface area contributed by atoms with Gasteiger partial charge in [0.2, 0.25) is 0 Å². The number of halogens is 2. The number of ether oxygens (including phenoxy) is 1. The summed E-state index contributed by atoms with van der Waals surface area (Å²) in [7, 11) is 0. The van der Waals surface area contributed by atoms with Gasteiger partial charge < -0.3 is 15.0 Å². The summed E-state index contributed by atoms with van der Waals surface area (Å²) in [6.45, 7) is 1.15. The number of hydrogen-bond donors (Lipinski definition) is 1. The van der Waals surface area contributed by atoms with Gasteiger partial charge in [-0.2, -0.15) is 0 Å². The average Bonchev–Trinajstić information content (AvgIpc) is 3.16. The third kappa shape index (κ3) is 4.90. The molecule has 0 unspecified atom stereocenters. The molecule has 1 N–H and O–H groups in total. The zero-order valence-corrected chi connectivity index (χ0v) is 16.2. The van der Waals surface area contributed by atoms with E-state index < -0.39 is 0 Å². The van der Waals surface area contributed by atoms with Crippen molar-refractivity contribution in [2.24, 2.45) is 0 Å². The quantitative estimate of drug-likeness (QED) is 0.810. The maximum absolute atomic E-state index is 12.3. The lowest BCUT2D eigenvalue weighted by Crippen LogP contribution is -2.47. The van der Waals surface area contributed by atoms with Crippen molar-refractivity contribution in [2.45, 2.75) is 18.9 Å². The molecule has 5 nitrogen and oxygen atoms in total. The predicted molar refractivity (Wildman–Crippen MR) is 103 cm³/mol. The van der Waals surface area contributed by atoms with Crippen LogP contribution < -0.4 is 10.1 Å². The molecule has 8 heteroatoms. The van der Waals surface area contributed by atoms with E-state index in [1.54, 1.807) is 18.2 Å². The summed E-state index contributed by atoms with van der Waals surface area (Å²) in [6.07, 6.45) is 1.45. The molecule has 0 radical (unpaired) electrons. The third-order valence-electron chi connectivity index (χ3n) is 4.13. The van der Waals surface area contributed by atoms with E-state index in [0.29, 0.717) is 28.9 Å². The van der Waals surface area contributed by atoms with E-state index in [-0.39, 0.29) is 24.5 Å². The number of piperidine rings is 1. The SMILES string of the molecule is O=C(COc1ccc(Cl)cc1Cl)NC1CCN(C(=O)c2cccs2)CC1. The molecular formula is C18H18Cl2N2O3S. The Kier molecular flexibility index (Phi) is 6.40. The fourth-order valence-electron chi connectivity index (χ4n) is 2.79. The molecule has 1 saturated heterocycles. The Balaban J connectivity index is 1.42. The van der Waals surface area contributed by atoms with E-state index in [2.05, 4.69) is 5.32 Å². The minimum atomic E-state index is -0.209. The first-order valence-corrected chi connectivity index (χ1v) is 9.86. The highest BCUT2D eigenvalue weighted by Gasteiger charge is 2.25. The number of likely N-dealkylation sites (tertiary alicyclic amines) is 1. The van der Waals surface area contributed by atoms with Gasteiger partial charge in [0.25, 0.3) is 11.8 Å². The number of carbonyl (C=O) groups is 2. The number of nitrogens with zero attached hydrogens (tertiary/aromatic N) is 1. The van der Waals surface area contributed by atoms with E-state index in [1.165, 1.54) is 11.3 Å².